The number of alkyl halides is 3. The molecule has 0 unspecified atom stereocenters. The van der Waals surface area contributed by atoms with E-state index in [9.17, 15) is 22.8 Å². The second-order valence-corrected chi connectivity index (χ2v) is 6.99. The normalized spacial score (nSPS) is 12.1. The predicted octanol–water partition coefficient (Wildman–Crippen LogP) is 2.01. The summed E-state index contributed by atoms with van der Waals surface area (Å²) in [6.45, 7) is 2.95. The quantitative estimate of drug-likeness (QED) is 0.524. The summed E-state index contributed by atoms with van der Waals surface area (Å²) in [4.78, 5) is 28.8. The number of hydrogen-bond donors (Lipinski definition) is 1. The highest BCUT2D eigenvalue weighted by Crippen LogP contribution is 2.29. The van der Waals surface area contributed by atoms with Crippen LogP contribution in [0.15, 0.2) is 35.4 Å². The molecule has 0 bridgehead atoms. The van der Waals surface area contributed by atoms with Crippen LogP contribution in [0.25, 0.3) is 16.6 Å². The van der Waals surface area contributed by atoms with Gasteiger partial charge in [0.2, 0.25) is 5.91 Å². The zero-order valence-corrected chi connectivity index (χ0v) is 16.3. The third-order valence-corrected chi connectivity index (χ3v) is 4.39. The smallest absolute Gasteiger partial charge is 0.308 e. The lowest BCUT2D eigenvalue weighted by molar-refractivity contribution is -0.141. The number of aromatic nitrogens is 7. The van der Waals surface area contributed by atoms with Crippen molar-refractivity contribution in [3.05, 3.63) is 52.3 Å². The maximum Gasteiger partial charge on any atom is 0.433 e. The molecule has 4 aromatic heterocycles. The predicted molar refractivity (Wildman–Crippen MR) is 102 cm³/mol. The second kappa shape index (κ2) is 7.41. The standard InChI is InChI=1S/C18H15F3N8O2/c1-9(2)15-16-10(3-4-11(23-16)18(19,20)21)17(31)28(27-15)7-14(30)24-12-5-6-13-25-22-8-29(13)26-12/h3-6,8-9H,7H2,1-2H3,(H,24,26,30). The topological polar surface area (TPSA) is 120 Å². The van der Waals surface area contributed by atoms with Gasteiger partial charge in [0.1, 0.15) is 24.1 Å². The van der Waals surface area contributed by atoms with Gasteiger partial charge in [0, 0.05) is 0 Å². The van der Waals surface area contributed by atoms with Crippen LogP contribution < -0.4 is 10.9 Å². The summed E-state index contributed by atoms with van der Waals surface area (Å²) in [5, 5.41) is 18.2. The molecule has 4 heterocycles. The van der Waals surface area contributed by atoms with Crippen molar-refractivity contribution < 1.29 is 18.0 Å². The molecular weight excluding hydrogens is 417 g/mol. The summed E-state index contributed by atoms with van der Waals surface area (Å²) in [7, 11) is 0. The minimum atomic E-state index is -4.66. The number of nitrogens with zero attached hydrogens (tertiary/aromatic N) is 7. The minimum Gasteiger partial charge on any atom is -0.308 e. The number of rotatable bonds is 4. The summed E-state index contributed by atoms with van der Waals surface area (Å²) in [6, 6.07) is 4.89. The highest BCUT2D eigenvalue weighted by atomic mass is 19.4. The van der Waals surface area contributed by atoms with Crippen LogP contribution in [0.2, 0.25) is 0 Å². The van der Waals surface area contributed by atoms with Gasteiger partial charge in [0.15, 0.2) is 11.5 Å². The lowest BCUT2D eigenvalue weighted by Gasteiger charge is -2.14. The first-order valence-electron chi connectivity index (χ1n) is 9.09. The Morgan fingerprint density at radius 3 is 2.65 bits per heavy atom. The molecule has 0 aliphatic rings. The van der Waals surface area contributed by atoms with Gasteiger partial charge < -0.3 is 5.32 Å². The van der Waals surface area contributed by atoms with E-state index in [0.717, 1.165) is 16.8 Å². The van der Waals surface area contributed by atoms with Crippen molar-refractivity contribution in [1.82, 2.24) is 34.6 Å². The van der Waals surface area contributed by atoms with Crippen molar-refractivity contribution in [1.29, 1.82) is 0 Å². The molecule has 160 valence electrons. The molecule has 0 aromatic carbocycles. The molecule has 0 radical (unpaired) electrons. The highest BCUT2D eigenvalue weighted by molar-refractivity contribution is 5.89. The average molecular weight is 432 g/mol. The molecule has 4 rings (SSSR count). The second-order valence-electron chi connectivity index (χ2n) is 6.99. The number of nitrogens with one attached hydrogen (secondary N) is 1. The van der Waals surface area contributed by atoms with Crippen molar-refractivity contribution >= 4 is 28.3 Å². The molecule has 0 saturated carbocycles. The molecule has 0 aliphatic heterocycles. The van der Waals surface area contributed by atoms with E-state index in [-0.39, 0.29) is 28.3 Å². The Hall–Kier alpha value is -3.90. The molecule has 31 heavy (non-hydrogen) atoms. The Morgan fingerprint density at radius 2 is 1.94 bits per heavy atom. The van der Waals surface area contributed by atoms with Gasteiger partial charge in [-0.05, 0) is 30.2 Å². The van der Waals surface area contributed by atoms with Crippen LogP contribution in [0.1, 0.15) is 31.2 Å². The van der Waals surface area contributed by atoms with Crippen molar-refractivity contribution in [3.8, 4) is 0 Å². The number of fused-ring (bicyclic) bond motifs is 2. The van der Waals surface area contributed by atoms with Crippen LogP contribution in [0, 0.1) is 0 Å². The van der Waals surface area contributed by atoms with Crippen molar-refractivity contribution in [3.63, 3.8) is 0 Å². The third kappa shape index (κ3) is 3.93. The van der Waals surface area contributed by atoms with Crippen molar-refractivity contribution in [2.75, 3.05) is 5.32 Å². The monoisotopic (exact) mass is 432 g/mol. The van der Waals surface area contributed by atoms with E-state index in [0.29, 0.717) is 5.65 Å². The number of amides is 1. The van der Waals surface area contributed by atoms with Crippen molar-refractivity contribution in [2.24, 2.45) is 0 Å². The molecule has 10 nitrogen and oxygen atoms in total. The lowest BCUT2D eigenvalue weighted by atomic mass is 10.1. The number of carbonyl (C=O) groups is 1. The largest absolute Gasteiger partial charge is 0.433 e. The Balaban J connectivity index is 1.68. The summed E-state index contributed by atoms with van der Waals surface area (Å²) < 4.78 is 41.4. The Labute approximate surface area is 171 Å². The van der Waals surface area contributed by atoms with E-state index < -0.39 is 29.9 Å². The minimum absolute atomic E-state index is 0.0523. The van der Waals surface area contributed by atoms with Gasteiger partial charge in [0.25, 0.3) is 5.56 Å². The highest BCUT2D eigenvalue weighted by Gasteiger charge is 2.33. The van der Waals surface area contributed by atoms with Gasteiger partial charge in [-0.3, -0.25) is 9.59 Å². The van der Waals surface area contributed by atoms with Gasteiger partial charge in [-0.15, -0.1) is 15.3 Å². The van der Waals surface area contributed by atoms with E-state index >= 15 is 0 Å². The first-order chi connectivity index (χ1) is 14.6. The van der Waals surface area contributed by atoms with Crippen LogP contribution in [0.3, 0.4) is 0 Å². The van der Waals surface area contributed by atoms with E-state index in [1.807, 2.05) is 0 Å². The molecule has 0 atom stereocenters. The van der Waals surface area contributed by atoms with Gasteiger partial charge in [-0.25, -0.2) is 9.67 Å². The number of pyridine rings is 1. The van der Waals surface area contributed by atoms with Crippen LogP contribution in [-0.2, 0) is 17.5 Å². The van der Waals surface area contributed by atoms with Crippen LogP contribution in [0.5, 0.6) is 0 Å². The average Bonchev–Trinajstić information content (AvgIpc) is 3.16. The molecule has 0 saturated heterocycles. The summed E-state index contributed by atoms with van der Waals surface area (Å²) in [5.41, 5.74) is -1.31. The molecule has 0 aliphatic carbocycles. The van der Waals surface area contributed by atoms with E-state index in [4.69, 9.17) is 0 Å². The number of halogens is 3. The number of carbonyl (C=O) groups excluding carboxylic acids is 1. The summed E-state index contributed by atoms with van der Waals surface area (Å²) >= 11 is 0. The first-order valence-corrected chi connectivity index (χ1v) is 9.09. The van der Waals surface area contributed by atoms with Crippen LogP contribution in [-0.4, -0.2) is 40.5 Å². The maximum atomic E-state index is 13.0. The van der Waals surface area contributed by atoms with Gasteiger partial charge in [0.05, 0.1) is 11.1 Å². The SMILES string of the molecule is CC(C)c1nn(CC(=O)Nc2ccc3nncn3n2)c(=O)c2ccc(C(F)(F)F)nc12. The molecule has 1 N–H and O–H groups in total. The van der Waals surface area contributed by atoms with E-state index in [1.54, 1.807) is 19.9 Å². The summed E-state index contributed by atoms with van der Waals surface area (Å²) in [5.74, 6) is -0.735. The molecule has 13 heteroatoms. The molecular formula is C18H15F3N8O2. The zero-order chi connectivity index (χ0) is 22.3. The fourth-order valence-corrected chi connectivity index (χ4v) is 2.96. The number of anilines is 1. The third-order valence-electron chi connectivity index (χ3n) is 4.39. The van der Waals surface area contributed by atoms with E-state index in [1.165, 1.54) is 16.9 Å². The number of hydrogen-bond acceptors (Lipinski definition) is 7. The molecule has 0 spiro atoms. The van der Waals surface area contributed by atoms with Gasteiger partial charge >= 0.3 is 6.18 Å². The molecule has 0 fully saturated rings. The Kier molecular flexibility index (Phi) is 4.87. The van der Waals surface area contributed by atoms with Crippen LogP contribution >= 0.6 is 0 Å². The lowest BCUT2D eigenvalue weighted by Crippen LogP contribution is -2.31. The fourth-order valence-electron chi connectivity index (χ4n) is 2.96. The van der Waals surface area contributed by atoms with E-state index in [2.05, 4.69) is 30.7 Å². The first kappa shape index (κ1) is 20.4. The molecule has 1 amide bonds. The zero-order valence-electron chi connectivity index (χ0n) is 16.3. The fraction of sp³-hybridized carbons (Fsp3) is 0.278. The van der Waals surface area contributed by atoms with Crippen molar-refractivity contribution in [2.45, 2.75) is 32.5 Å². The van der Waals surface area contributed by atoms with Gasteiger partial charge in [-0.2, -0.15) is 22.8 Å². The Bertz CT molecular complexity index is 1360. The maximum absolute atomic E-state index is 13.0. The Morgan fingerprint density at radius 1 is 1.16 bits per heavy atom. The van der Waals surface area contributed by atoms with Crippen LogP contribution in [0.4, 0.5) is 19.0 Å². The molecule has 4 aromatic rings. The van der Waals surface area contributed by atoms with Gasteiger partial charge in [-0.1, -0.05) is 13.8 Å². The summed E-state index contributed by atoms with van der Waals surface area (Å²) in [6.07, 6.45) is -3.30.